The van der Waals surface area contributed by atoms with Crippen molar-refractivity contribution in [3.05, 3.63) is 79.5 Å². The second kappa shape index (κ2) is 17.6. The molecule has 1 saturated heterocycles. The first-order valence-corrected chi connectivity index (χ1v) is 21.4. The molecule has 16 nitrogen and oxygen atoms in total. The molecule has 1 aromatic heterocycles. The van der Waals surface area contributed by atoms with E-state index >= 15 is 0 Å². The number of carbonyl (C=O) groups excluding carboxylic acids is 1. The van der Waals surface area contributed by atoms with Crippen molar-refractivity contribution < 1.29 is 49.0 Å². The molecule has 0 unspecified atom stereocenters. The van der Waals surface area contributed by atoms with Crippen LogP contribution in [0.3, 0.4) is 0 Å². The molecule has 1 amide bonds. The third kappa shape index (κ3) is 8.03. The Kier molecular flexibility index (Phi) is 12.7. The fourth-order valence-electron chi connectivity index (χ4n) is 9.09. The van der Waals surface area contributed by atoms with Crippen LogP contribution in [0.25, 0.3) is 38.7 Å². The van der Waals surface area contributed by atoms with Crippen LogP contribution in [0.2, 0.25) is 0 Å². The minimum absolute atomic E-state index is 0.0352. The molecule has 1 fully saturated rings. The molecule has 5 bridgehead atoms. The van der Waals surface area contributed by atoms with E-state index in [1.807, 2.05) is 7.05 Å². The van der Waals surface area contributed by atoms with Crippen molar-refractivity contribution in [3.63, 3.8) is 0 Å². The Morgan fingerprint density at radius 3 is 2.25 bits per heavy atom. The zero-order valence-electron chi connectivity index (χ0n) is 37.1. The molecule has 4 aromatic rings. The Balaban J connectivity index is 1.48. The second-order valence-electron chi connectivity index (χ2n) is 17.5. The number of phenols is 1. The summed E-state index contributed by atoms with van der Waals surface area (Å²) >= 11 is 0. The minimum atomic E-state index is -1.95. The number of ether oxygens (including phenoxy) is 3. The number of hydrogen-bond acceptors (Lipinski definition) is 15. The van der Waals surface area contributed by atoms with E-state index in [9.17, 15) is 39.9 Å². The Labute approximate surface area is 364 Å². The zero-order valence-corrected chi connectivity index (χ0v) is 37.1. The highest BCUT2D eigenvalue weighted by Crippen LogP contribution is 2.42. The first-order chi connectivity index (χ1) is 29.8. The summed E-state index contributed by atoms with van der Waals surface area (Å²) in [4.78, 5) is 49.5. The molecule has 3 aromatic carbocycles. The van der Waals surface area contributed by atoms with Crippen LogP contribution in [0.1, 0.15) is 59.9 Å². The number of nitrogens with zero attached hydrogens (tertiary/aromatic N) is 2. The summed E-state index contributed by atoms with van der Waals surface area (Å²) in [6.45, 7) is 12.7. The number of methoxy groups -OCH3 is 1. The largest absolute Gasteiger partial charge is 0.507 e. The van der Waals surface area contributed by atoms with Crippen molar-refractivity contribution in [1.29, 1.82) is 0 Å². The number of nitrogens with one attached hydrogen (secondary N) is 2. The topological polar surface area (TPSA) is 233 Å². The number of carbonyl (C=O) groups is 1. The van der Waals surface area contributed by atoms with Gasteiger partial charge in [0.15, 0.2) is 22.4 Å². The van der Waals surface area contributed by atoms with Crippen LogP contribution in [-0.4, -0.2) is 99.9 Å². The van der Waals surface area contributed by atoms with Gasteiger partial charge in [0.1, 0.15) is 22.7 Å². The van der Waals surface area contributed by atoms with Gasteiger partial charge >= 0.3 is 5.79 Å². The lowest BCUT2D eigenvalue weighted by molar-refractivity contribution is -0.112. The maximum absolute atomic E-state index is 14.8. The summed E-state index contributed by atoms with van der Waals surface area (Å²) in [6, 6.07) is 3.48. The third-order valence-corrected chi connectivity index (χ3v) is 13.4. The lowest BCUT2D eigenvalue weighted by Gasteiger charge is -2.36. The maximum Gasteiger partial charge on any atom is 0.307 e. The SMILES string of the molecule is CNC1CCN(c2cc(=O)c3nc4c(oc3c2)c2c(=O)c3c(O)c(C)c5c(c34)=C(O)[C@@](C)(OC=C[C@H](OC)[C@@H](C)[C@@H](O)[C@H](C)[C@H](O)[C@H](C)[C@@H](O)[C@@H](C)C=CC=C(C)C(=O)N2)O5)CC1. The van der Waals surface area contributed by atoms with Crippen LogP contribution < -0.4 is 36.3 Å². The van der Waals surface area contributed by atoms with E-state index in [-0.39, 0.29) is 60.8 Å². The quantitative estimate of drug-likeness (QED) is 0.113. The van der Waals surface area contributed by atoms with Crippen molar-refractivity contribution in [1.82, 2.24) is 10.3 Å². The lowest BCUT2D eigenvalue weighted by atomic mass is 9.78. The number of amides is 1. The molecule has 63 heavy (non-hydrogen) atoms. The predicted molar refractivity (Wildman–Crippen MR) is 240 cm³/mol. The number of piperidine rings is 1. The van der Waals surface area contributed by atoms with Gasteiger partial charge in [-0.3, -0.25) is 14.4 Å². The summed E-state index contributed by atoms with van der Waals surface area (Å²) in [7, 11) is 3.36. The normalized spacial score (nSPS) is 29.1. The van der Waals surface area contributed by atoms with E-state index in [0.29, 0.717) is 24.8 Å². The molecule has 338 valence electrons. The fourth-order valence-corrected chi connectivity index (χ4v) is 9.09. The Morgan fingerprint density at radius 1 is 0.921 bits per heavy atom. The molecular weight excluding hydrogens is 813 g/mol. The number of phenolic OH excluding ortho intramolecular Hbond substituents is 1. The Hall–Kier alpha value is -5.52. The fraction of sp³-hybridized carbons (Fsp3) is 0.489. The van der Waals surface area contributed by atoms with Crippen molar-refractivity contribution in [2.24, 2.45) is 23.7 Å². The van der Waals surface area contributed by atoms with Gasteiger partial charge in [-0.1, -0.05) is 45.9 Å². The van der Waals surface area contributed by atoms with Crippen molar-refractivity contribution >= 4 is 56.0 Å². The van der Waals surface area contributed by atoms with E-state index in [1.165, 1.54) is 52.4 Å². The molecule has 9 atom stereocenters. The van der Waals surface area contributed by atoms with Crippen LogP contribution >= 0.6 is 0 Å². The Morgan fingerprint density at radius 2 is 1.59 bits per heavy atom. The first-order valence-electron chi connectivity index (χ1n) is 21.4. The predicted octanol–water partition coefficient (Wildman–Crippen LogP) is 4.18. The highest BCUT2D eigenvalue weighted by atomic mass is 16.7. The summed E-state index contributed by atoms with van der Waals surface area (Å²) in [5, 5.41) is 63.4. The highest BCUT2D eigenvalue weighted by Gasteiger charge is 2.44. The molecule has 16 heteroatoms. The van der Waals surface area contributed by atoms with Crippen LogP contribution in [0.4, 0.5) is 11.4 Å². The molecule has 3 aliphatic rings. The number of aliphatic hydroxyl groups excluding tert-OH is 4. The smallest absolute Gasteiger partial charge is 0.307 e. The van der Waals surface area contributed by atoms with Gasteiger partial charge in [0.05, 0.1) is 41.3 Å². The van der Waals surface area contributed by atoms with Crippen LogP contribution in [0.5, 0.6) is 11.5 Å². The van der Waals surface area contributed by atoms with Gasteiger partial charge in [-0.05, 0) is 39.8 Å². The van der Waals surface area contributed by atoms with Crippen molar-refractivity contribution in [3.8, 4) is 11.5 Å². The molecule has 0 spiro atoms. The molecule has 3 aliphatic heterocycles. The number of fused-ring (bicyclic) bond motifs is 5. The maximum atomic E-state index is 14.8. The number of anilines is 2. The molecule has 0 aliphatic carbocycles. The van der Waals surface area contributed by atoms with Gasteiger partial charge in [-0.15, -0.1) is 0 Å². The average Bonchev–Trinajstić information content (AvgIpc) is 3.54. The number of benzene rings is 3. The summed E-state index contributed by atoms with van der Waals surface area (Å²) < 4.78 is 24.5. The van der Waals surface area contributed by atoms with Gasteiger partial charge in [0.25, 0.3) is 5.91 Å². The number of aliphatic hydroxyl groups is 4. The van der Waals surface area contributed by atoms with E-state index in [2.05, 4.69) is 15.5 Å². The van der Waals surface area contributed by atoms with Gasteiger partial charge in [0, 0.05) is 91.2 Å². The molecule has 4 heterocycles. The molecular formula is C47H58N4O12. The number of aromatic hydroxyl groups is 1. The monoisotopic (exact) mass is 870 g/mol. The standard InChI is InChI=1S/C47H58N4O12/c1-21-11-10-12-22(2)46(59)50-37-42(57)33-32(36-44(37)62-31-20-28(19-29(52)35(31)49-36)51-16-13-27(48-8)14-17-51)34-43(26(6)41(33)56)63-47(7,45(34)58)61-18-15-30(60-9)23(3)39(54)25(5)40(55)24(4)38(21)53/h10-12,15,18-21,23-25,27,30,38-40,48,53-56,58H,13-14,16-17H2,1-9H3,(H,50,59)/t21-,23+,24+,25-,30-,38-,39+,40+,47-/m0/s1. The van der Waals surface area contributed by atoms with E-state index in [0.717, 1.165) is 12.8 Å². The molecule has 0 saturated carbocycles. The van der Waals surface area contributed by atoms with Crippen LogP contribution in [0, 0.1) is 30.6 Å². The van der Waals surface area contributed by atoms with Crippen LogP contribution in [0.15, 0.2) is 62.3 Å². The number of rotatable bonds is 3. The molecule has 7 rings (SSSR count). The highest BCUT2D eigenvalue weighted by molar-refractivity contribution is 6.16. The average molecular weight is 871 g/mol. The minimum Gasteiger partial charge on any atom is -0.507 e. The Bertz CT molecular complexity index is 2720. The van der Waals surface area contributed by atoms with Gasteiger partial charge in [-0.2, -0.15) is 0 Å². The summed E-state index contributed by atoms with van der Waals surface area (Å²) in [5.41, 5.74) is -1.27. The lowest BCUT2D eigenvalue weighted by Crippen LogP contribution is -2.44. The van der Waals surface area contributed by atoms with Gasteiger partial charge in [-0.25, -0.2) is 4.98 Å². The zero-order chi connectivity index (χ0) is 45.8. The van der Waals surface area contributed by atoms with Gasteiger partial charge < -0.3 is 59.7 Å². The summed E-state index contributed by atoms with van der Waals surface area (Å²) in [5.74, 6) is -6.19. The third-order valence-electron chi connectivity index (χ3n) is 13.4. The van der Waals surface area contributed by atoms with E-state index in [1.54, 1.807) is 45.9 Å². The van der Waals surface area contributed by atoms with Crippen molar-refractivity contribution in [2.45, 2.75) is 97.6 Å². The van der Waals surface area contributed by atoms with E-state index < -0.39 is 82.1 Å². The van der Waals surface area contributed by atoms with E-state index in [4.69, 9.17) is 23.6 Å². The second-order valence-corrected chi connectivity index (χ2v) is 17.5. The number of hydrogen-bond donors (Lipinski definition) is 7. The first kappa shape index (κ1) is 45.5. The molecule has 0 radical (unpaired) electrons. The number of aromatic nitrogens is 1. The van der Waals surface area contributed by atoms with Crippen molar-refractivity contribution in [2.75, 3.05) is 37.5 Å². The van der Waals surface area contributed by atoms with Crippen LogP contribution in [-0.2, 0) is 14.3 Å². The summed E-state index contributed by atoms with van der Waals surface area (Å²) in [6.07, 6.45) is 5.19. The molecule has 7 N–H and O–H groups in total. The number of allylic oxidation sites excluding steroid dienone is 2. The van der Waals surface area contributed by atoms with Gasteiger partial charge in [0.2, 0.25) is 10.9 Å².